The van der Waals surface area contributed by atoms with E-state index in [-0.39, 0.29) is 16.3 Å². The predicted octanol–water partition coefficient (Wildman–Crippen LogP) is 0.0963. The van der Waals surface area contributed by atoms with Crippen molar-refractivity contribution < 1.29 is 22.7 Å². The van der Waals surface area contributed by atoms with Crippen LogP contribution in [0.1, 0.15) is 10.4 Å². The molecule has 0 unspecified atom stereocenters. The molecule has 0 bridgehead atoms. The van der Waals surface area contributed by atoms with E-state index in [9.17, 15) is 18.0 Å². The number of esters is 1. The second-order valence-corrected chi connectivity index (χ2v) is 5.43. The average molecular weight is 291 g/mol. The number of carbonyl (C=O) groups is 2. The van der Waals surface area contributed by atoms with Crippen LogP contribution in [-0.2, 0) is 19.6 Å². The third-order valence-electron chi connectivity index (χ3n) is 2.21. The number of carbonyl (C=O) groups excluding carboxylic acids is 2. The Labute approximate surface area is 107 Å². The number of halogens is 1. The fourth-order valence-corrected chi connectivity index (χ4v) is 2.54. The third-order valence-corrected chi connectivity index (χ3v) is 3.58. The molecule has 0 aliphatic carbocycles. The Morgan fingerprint density at radius 1 is 1.33 bits per heavy atom. The van der Waals surface area contributed by atoms with E-state index in [1.54, 1.807) is 0 Å². The van der Waals surface area contributed by atoms with Crippen LogP contribution >= 0.6 is 11.6 Å². The summed E-state index contributed by atoms with van der Waals surface area (Å²) in [5.41, 5.74) is -0.0332. The number of benzene rings is 1. The molecule has 18 heavy (non-hydrogen) atoms. The first-order valence-corrected chi connectivity index (χ1v) is 6.55. The van der Waals surface area contributed by atoms with Crippen molar-refractivity contribution in [2.45, 2.75) is 4.90 Å². The van der Waals surface area contributed by atoms with Crippen molar-refractivity contribution in [3.05, 3.63) is 22.7 Å². The zero-order valence-electron chi connectivity index (χ0n) is 8.77. The molecule has 2 rings (SSSR count). The van der Waals surface area contributed by atoms with Crippen LogP contribution in [-0.4, -0.2) is 26.9 Å². The molecule has 1 aromatic carbocycles. The van der Waals surface area contributed by atoms with Crippen molar-refractivity contribution >= 4 is 39.2 Å². The molecule has 1 aromatic rings. The van der Waals surface area contributed by atoms with Crippen molar-refractivity contribution in [2.24, 2.45) is 5.14 Å². The minimum absolute atomic E-state index is 0.0832. The number of rotatable bonds is 1. The minimum Gasteiger partial charge on any atom is -0.452 e. The monoisotopic (exact) mass is 290 g/mol. The number of nitrogens with one attached hydrogen (secondary N) is 1. The predicted molar refractivity (Wildman–Crippen MR) is 61.7 cm³/mol. The van der Waals surface area contributed by atoms with Crippen LogP contribution in [0.3, 0.4) is 0 Å². The van der Waals surface area contributed by atoms with E-state index in [0.29, 0.717) is 0 Å². The van der Waals surface area contributed by atoms with Crippen LogP contribution in [0.25, 0.3) is 0 Å². The van der Waals surface area contributed by atoms with E-state index >= 15 is 0 Å². The van der Waals surface area contributed by atoms with Crippen molar-refractivity contribution in [3.63, 3.8) is 0 Å². The highest BCUT2D eigenvalue weighted by molar-refractivity contribution is 7.89. The molecule has 1 aliphatic rings. The number of ether oxygens (including phenoxy) is 1. The lowest BCUT2D eigenvalue weighted by molar-refractivity contribution is -0.119. The molecule has 1 amide bonds. The summed E-state index contributed by atoms with van der Waals surface area (Å²) in [6.45, 7) is -0.449. The highest BCUT2D eigenvalue weighted by Gasteiger charge is 2.25. The second-order valence-electron chi connectivity index (χ2n) is 3.50. The zero-order valence-corrected chi connectivity index (χ0v) is 10.3. The summed E-state index contributed by atoms with van der Waals surface area (Å²) in [7, 11) is -4.07. The molecule has 9 heteroatoms. The molecular weight excluding hydrogens is 284 g/mol. The first-order valence-electron chi connectivity index (χ1n) is 4.62. The summed E-state index contributed by atoms with van der Waals surface area (Å²) in [5.74, 6) is -1.37. The molecule has 0 radical (unpaired) electrons. The van der Waals surface area contributed by atoms with Gasteiger partial charge in [0.15, 0.2) is 6.61 Å². The van der Waals surface area contributed by atoms with Gasteiger partial charge in [-0.15, -0.1) is 0 Å². The van der Waals surface area contributed by atoms with E-state index in [1.165, 1.54) is 0 Å². The number of amides is 1. The maximum Gasteiger partial charge on any atom is 0.340 e. The topological polar surface area (TPSA) is 116 Å². The van der Waals surface area contributed by atoms with E-state index < -0.39 is 33.4 Å². The third kappa shape index (κ3) is 2.30. The lowest BCUT2D eigenvalue weighted by Crippen LogP contribution is -2.16. The fraction of sp³-hybridized carbons (Fsp3) is 0.111. The molecule has 0 atom stereocenters. The Balaban J connectivity index is 2.68. The van der Waals surface area contributed by atoms with Crippen molar-refractivity contribution in [3.8, 4) is 0 Å². The molecule has 1 heterocycles. The van der Waals surface area contributed by atoms with Gasteiger partial charge in [-0.3, -0.25) is 4.79 Å². The molecule has 1 aliphatic heterocycles. The Hall–Kier alpha value is -1.64. The molecule has 0 saturated heterocycles. The van der Waals surface area contributed by atoms with Gasteiger partial charge in [0.25, 0.3) is 5.91 Å². The minimum atomic E-state index is -4.07. The van der Waals surface area contributed by atoms with Gasteiger partial charge in [0.05, 0.1) is 16.3 Å². The number of primary sulfonamides is 1. The number of nitrogens with two attached hydrogens (primary N) is 1. The van der Waals surface area contributed by atoms with Crippen LogP contribution < -0.4 is 10.5 Å². The Bertz CT molecular complexity index is 655. The van der Waals surface area contributed by atoms with Crippen LogP contribution in [0, 0.1) is 0 Å². The van der Waals surface area contributed by atoms with Gasteiger partial charge in [0.2, 0.25) is 10.0 Å². The lowest BCUT2D eigenvalue weighted by Gasteiger charge is -2.08. The van der Waals surface area contributed by atoms with Crippen molar-refractivity contribution in [2.75, 3.05) is 11.9 Å². The summed E-state index contributed by atoms with van der Waals surface area (Å²) in [5, 5.41) is 7.13. The standard InChI is InChI=1S/C9H7ClN2O5S/c10-5-2-6-4(1-7(5)18(11,15)16)9(14)17-3-8(13)12-6/h1-2H,3H2,(H,12,13)(H2,11,15,16). The average Bonchev–Trinajstić information content (AvgIpc) is 2.36. The summed E-state index contributed by atoms with van der Waals surface area (Å²) >= 11 is 5.73. The number of cyclic esters (lactones) is 1. The van der Waals surface area contributed by atoms with Gasteiger partial charge in [-0.1, -0.05) is 11.6 Å². The molecule has 7 nitrogen and oxygen atoms in total. The van der Waals surface area contributed by atoms with E-state index in [1.807, 2.05) is 0 Å². The number of fused-ring (bicyclic) bond motifs is 1. The molecule has 0 saturated carbocycles. The largest absolute Gasteiger partial charge is 0.452 e. The highest BCUT2D eigenvalue weighted by Crippen LogP contribution is 2.29. The van der Waals surface area contributed by atoms with E-state index in [2.05, 4.69) is 10.1 Å². The first-order chi connectivity index (χ1) is 8.29. The quantitative estimate of drug-likeness (QED) is 0.711. The molecule has 3 N–H and O–H groups in total. The highest BCUT2D eigenvalue weighted by atomic mass is 35.5. The maximum absolute atomic E-state index is 11.5. The van der Waals surface area contributed by atoms with Gasteiger partial charge < -0.3 is 10.1 Å². The first kappa shape index (κ1) is 12.8. The summed E-state index contributed by atoms with van der Waals surface area (Å²) in [6.07, 6.45) is 0. The van der Waals surface area contributed by atoms with Crippen molar-refractivity contribution in [1.82, 2.24) is 0 Å². The van der Waals surface area contributed by atoms with Crippen molar-refractivity contribution in [1.29, 1.82) is 0 Å². The second kappa shape index (κ2) is 4.23. The summed E-state index contributed by atoms with van der Waals surface area (Å²) in [4.78, 5) is 22.4. The lowest BCUT2D eigenvalue weighted by atomic mass is 10.2. The molecule has 0 aromatic heterocycles. The van der Waals surface area contributed by atoms with Gasteiger partial charge in [-0.05, 0) is 12.1 Å². The SMILES string of the molecule is NS(=O)(=O)c1cc2c(cc1Cl)NC(=O)COC2=O. The molecule has 0 spiro atoms. The molecule has 0 fully saturated rings. The summed E-state index contributed by atoms with van der Waals surface area (Å²) < 4.78 is 27.1. The smallest absolute Gasteiger partial charge is 0.340 e. The van der Waals surface area contributed by atoms with Gasteiger partial charge in [-0.2, -0.15) is 0 Å². The van der Waals surface area contributed by atoms with Gasteiger partial charge in [0, 0.05) is 0 Å². The number of hydrogen-bond donors (Lipinski definition) is 2. The van der Waals surface area contributed by atoms with Crippen LogP contribution in [0.2, 0.25) is 5.02 Å². The number of anilines is 1. The van der Waals surface area contributed by atoms with Gasteiger partial charge in [-0.25, -0.2) is 18.4 Å². The van der Waals surface area contributed by atoms with Crippen LogP contribution in [0.15, 0.2) is 17.0 Å². The van der Waals surface area contributed by atoms with Crippen LogP contribution in [0.4, 0.5) is 5.69 Å². The molecule has 96 valence electrons. The number of sulfonamides is 1. The normalized spacial score (nSPS) is 15.4. The Morgan fingerprint density at radius 3 is 2.61 bits per heavy atom. The Morgan fingerprint density at radius 2 is 2.00 bits per heavy atom. The molecular formula is C9H7ClN2O5S. The maximum atomic E-state index is 11.5. The van der Waals surface area contributed by atoms with Gasteiger partial charge in [0.1, 0.15) is 4.90 Å². The van der Waals surface area contributed by atoms with E-state index in [4.69, 9.17) is 16.7 Å². The Kier molecular flexibility index (Phi) is 3.01. The fourth-order valence-electron chi connectivity index (χ4n) is 1.44. The summed E-state index contributed by atoms with van der Waals surface area (Å²) in [6, 6.07) is 2.11. The zero-order chi connectivity index (χ0) is 13.5. The van der Waals surface area contributed by atoms with Crippen LogP contribution in [0.5, 0.6) is 0 Å². The van der Waals surface area contributed by atoms with Gasteiger partial charge >= 0.3 is 5.97 Å². The number of hydrogen-bond acceptors (Lipinski definition) is 5. The van der Waals surface area contributed by atoms with E-state index in [0.717, 1.165) is 12.1 Å².